The molecule has 2 amide bonds. The van der Waals surface area contributed by atoms with Gasteiger partial charge in [0.05, 0.1) is 13.2 Å². The topological polar surface area (TPSA) is 59.6 Å². The summed E-state index contributed by atoms with van der Waals surface area (Å²) in [4.78, 5) is 11.7. The Bertz CT molecular complexity index is 301. The monoisotopic (exact) mass is 254 g/mol. The van der Waals surface area contributed by atoms with E-state index in [1.165, 1.54) is 6.42 Å². The van der Waals surface area contributed by atoms with Crippen LogP contribution < -0.4 is 10.6 Å². The molecule has 5 nitrogen and oxygen atoms in total. The van der Waals surface area contributed by atoms with E-state index in [-0.39, 0.29) is 17.9 Å². The van der Waals surface area contributed by atoms with E-state index < -0.39 is 0 Å². The van der Waals surface area contributed by atoms with Crippen molar-refractivity contribution in [2.24, 2.45) is 0 Å². The fraction of sp³-hybridized carbons (Fsp3) is 0.923. The van der Waals surface area contributed by atoms with Crippen molar-refractivity contribution in [3.05, 3.63) is 0 Å². The molecule has 1 aliphatic heterocycles. The summed E-state index contributed by atoms with van der Waals surface area (Å²) < 4.78 is 11.4. The van der Waals surface area contributed by atoms with Gasteiger partial charge in [-0.15, -0.1) is 0 Å². The number of urea groups is 1. The fourth-order valence-corrected chi connectivity index (χ4v) is 2.95. The van der Waals surface area contributed by atoms with Crippen molar-refractivity contribution in [1.82, 2.24) is 10.6 Å². The minimum Gasteiger partial charge on any atom is -0.348 e. The number of carbonyl (C=O) groups is 1. The van der Waals surface area contributed by atoms with Gasteiger partial charge in [0.25, 0.3) is 0 Å². The molecule has 0 radical (unpaired) electrons. The molecule has 3 rings (SSSR count). The van der Waals surface area contributed by atoms with Crippen LogP contribution in [-0.4, -0.2) is 37.1 Å². The Morgan fingerprint density at radius 1 is 0.944 bits per heavy atom. The van der Waals surface area contributed by atoms with Gasteiger partial charge in [-0.25, -0.2) is 4.79 Å². The quantitative estimate of drug-likeness (QED) is 0.785. The molecule has 18 heavy (non-hydrogen) atoms. The molecule has 5 heteroatoms. The average Bonchev–Trinajstić information content (AvgIpc) is 2.76. The lowest BCUT2D eigenvalue weighted by molar-refractivity contribution is -0.179. The number of hydrogen-bond acceptors (Lipinski definition) is 3. The molecular weight excluding hydrogens is 232 g/mol. The second kappa shape index (κ2) is 5.05. The van der Waals surface area contributed by atoms with E-state index in [2.05, 4.69) is 10.6 Å². The lowest BCUT2D eigenvalue weighted by atomic mass is 9.90. The zero-order chi connectivity index (χ0) is 12.4. The van der Waals surface area contributed by atoms with Crippen molar-refractivity contribution in [3.8, 4) is 0 Å². The molecule has 0 aromatic rings. The normalized spacial score (nSPS) is 28.0. The molecule has 1 heterocycles. The molecule has 3 aliphatic rings. The largest absolute Gasteiger partial charge is 0.348 e. The molecular formula is C13H22N2O3. The number of amides is 2. The van der Waals surface area contributed by atoms with E-state index in [1.807, 2.05) is 0 Å². The number of ether oxygens (including phenoxy) is 2. The van der Waals surface area contributed by atoms with Crippen molar-refractivity contribution in [2.45, 2.75) is 62.8 Å². The molecule has 1 saturated heterocycles. The van der Waals surface area contributed by atoms with Gasteiger partial charge in [0, 0.05) is 24.9 Å². The zero-order valence-corrected chi connectivity index (χ0v) is 10.7. The summed E-state index contributed by atoms with van der Waals surface area (Å²) in [5.74, 6) is -0.331. The molecule has 0 unspecified atom stereocenters. The van der Waals surface area contributed by atoms with E-state index in [0.717, 1.165) is 38.5 Å². The Morgan fingerprint density at radius 2 is 1.50 bits per heavy atom. The lowest BCUT2D eigenvalue weighted by Crippen LogP contribution is -2.50. The van der Waals surface area contributed by atoms with Gasteiger partial charge in [-0.05, 0) is 32.1 Å². The maximum Gasteiger partial charge on any atom is 0.315 e. The van der Waals surface area contributed by atoms with Crippen molar-refractivity contribution >= 4 is 6.03 Å². The number of hydrogen-bond donors (Lipinski definition) is 2. The molecule has 0 bridgehead atoms. The highest BCUT2D eigenvalue weighted by Crippen LogP contribution is 2.35. The Kier molecular flexibility index (Phi) is 3.43. The van der Waals surface area contributed by atoms with Crippen LogP contribution in [0.4, 0.5) is 4.79 Å². The van der Waals surface area contributed by atoms with Crippen LogP contribution in [0.25, 0.3) is 0 Å². The molecule has 2 aliphatic carbocycles. The highest BCUT2D eigenvalue weighted by atomic mass is 16.7. The summed E-state index contributed by atoms with van der Waals surface area (Å²) in [6.45, 7) is 1.42. The van der Waals surface area contributed by atoms with Crippen LogP contribution in [0.3, 0.4) is 0 Å². The molecule has 1 spiro atoms. The van der Waals surface area contributed by atoms with Crippen LogP contribution in [0.5, 0.6) is 0 Å². The predicted octanol–water partition coefficient (Wildman–Crippen LogP) is 1.52. The SMILES string of the molecule is O=C(NC1CCC1)NC1CCC2(CC1)OCCO2. The van der Waals surface area contributed by atoms with E-state index in [9.17, 15) is 4.79 Å². The summed E-state index contributed by atoms with van der Waals surface area (Å²) in [7, 11) is 0. The minimum absolute atomic E-state index is 0.00564. The van der Waals surface area contributed by atoms with Gasteiger partial charge in [0.2, 0.25) is 0 Å². The first kappa shape index (κ1) is 12.2. The highest BCUT2D eigenvalue weighted by Gasteiger charge is 2.40. The molecule has 0 aromatic heterocycles. The van der Waals surface area contributed by atoms with Gasteiger partial charge in [0.1, 0.15) is 0 Å². The van der Waals surface area contributed by atoms with Crippen LogP contribution in [0.15, 0.2) is 0 Å². The zero-order valence-electron chi connectivity index (χ0n) is 10.7. The van der Waals surface area contributed by atoms with Gasteiger partial charge < -0.3 is 20.1 Å². The number of nitrogens with one attached hydrogen (secondary N) is 2. The second-order valence-electron chi connectivity index (χ2n) is 5.63. The third-order valence-corrected chi connectivity index (χ3v) is 4.34. The van der Waals surface area contributed by atoms with E-state index in [1.54, 1.807) is 0 Å². The van der Waals surface area contributed by atoms with Crippen molar-refractivity contribution in [2.75, 3.05) is 13.2 Å². The van der Waals surface area contributed by atoms with Crippen molar-refractivity contribution < 1.29 is 14.3 Å². The van der Waals surface area contributed by atoms with Gasteiger partial charge in [-0.2, -0.15) is 0 Å². The van der Waals surface area contributed by atoms with Crippen LogP contribution >= 0.6 is 0 Å². The third-order valence-electron chi connectivity index (χ3n) is 4.34. The number of rotatable bonds is 2. The van der Waals surface area contributed by atoms with Crippen molar-refractivity contribution in [3.63, 3.8) is 0 Å². The first-order valence-corrected chi connectivity index (χ1v) is 7.11. The van der Waals surface area contributed by atoms with Crippen LogP contribution in [-0.2, 0) is 9.47 Å². The smallest absolute Gasteiger partial charge is 0.315 e. The molecule has 2 N–H and O–H groups in total. The Labute approximate surface area is 108 Å². The fourth-order valence-electron chi connectivity index (χ4n) is 2.95. The maximum absolute atomic E-state index is 11.7. The average molecular weight is 254 g/mol. The highest BCUT2D eigenvalue weighted by molar-refractivity contribution is 5.74. The molecule has 0 atom stereocenters. The summed E-state index contributed by atoms with van der Waals surface area (Å²) in [5, 5.41) is 6.08. The van der Waals surface area contributed by atoms with E-state index in [0.29, 0.717) is 19.3 Å². The summed E-state index contributed by atoms with van der Waals surface area (Å²) in [6.07, 6.45) is 7.16. The van der Waals surface area contributed by atoms with Gasteiger partial charge in [0.15, 0.2) is 5.79 Å². The standard InChI is InChI=1S/C13H22N2O3/c16-12(14-10-2-1-3-10)15-11-4-6-13(7-5-11)17-8-9-18-13/h10-11H,1-9H2,(H2,14,15,16). The van der Waals surface area contributed by atoms with Crippen LogP contribution in [0, 0.1) is 0 Å². The Balaban J connectivity index is 1.40. The Hall–Kier alpha value is -0.810. The van der Waals surface area contributed by atoms with Gasteiger partial charge in [-0.1, -0.05) is 0 Å². The molecule has 2 saturated carbocycles. The molecule has 102 valence electrons. The number of carbonyl (C=O) groups excluding carboxylic acids is 1. The lowest BCUT2D eigenvalue weighted by Gasteiger charge is -2.36. The molecule has 3 fully saturated rings. The Morgan fingerprint density at radius 3 is 2.00 bits per heavy atom. The second-order valence-corrected chi connectivity index (χ2v) is 5.63. The van der Waals surface area contributed by atoms with Crippen molar-refractivity contribution in [1.29, 1.82) is 0 Å². The summed E-state index contributed by atoms with van der Waals surface area (Å²) in [6, 6.07) is 0.666. The molecule has 0 aromatic carbocycles. The first-order chi connectivity index (χ1) is 8.76. The van der Waals surface area contributed by atoms with E-state index >= 15 is 0 Å². The van der Waals surface area contributed by atoms with E-state index in [4.69, 9.17) is 9.47 Å². The minimum atomic E-state index is -0.331. The first-order valence-electron chi connectivity index (χ1n) is 7.11. The summed E-state index contributed by atoms with van der Waals surface area (Å²) in [5.41, 5.74) is 0. The third kappa shape index (κ3) is 2.62. The van der Waals surface area contributed by atoms with Crippen LogP contribution in [0.1, 0.15) is 44.9 Å². The van der Waals surface area contributed by atoms with Gasteiger partial charge >= 0.3 is 6.03 Å². The van der Waals surface area contributed by atoms with Crippen LogP contribution in [0.2, 0.25) is 0 Å². The summed E-state index contributed by atoms with van der Waals surface area (Å²) >= 11 is 0. The maximum atomic E-state index is 11.7. The van der Waals surface area contributed by atoms with Gasteiger partial charge in [-0.3, -0.25) is 0 Å². The predicted molar refractivity (Wildman–Crippen MR) is 66.2 cm³/mol.